The maximum atomic E-state index is 10.9. The van der Waals surface area contributed by atoms with Crippen molar-refractivity contribution in [3.63, 3.8) is 0 Å². The molecule has 0 aromatic carbocycles. The lowest BCUT2D eigenvalue weighted by Crippen LogP contribution is -2.07. The van der Waals surface area contributed by atoms with Gasteiger partial charge in [0.2, 0.25) is 0 Å². The molecule has 0 unspecified atom stereocenters. The van der Waals surface area contributed by atoms with Gasteiger partial charge in [-0.1, -0.05) is 0 Å². The summed E-state index contributed by atoms with van der Waals surface area (Å²) < 4.78 is 4.90. The van der Waals surface area contributed by atoms with Crippen LogP contribution in [0.2, 0.25) is 0 Å². The van der Waals surface area contributed by atoms with Crippen LogP contribution >= 0.6 is 12.6 Å². The van der Waals surface area contributed by atoms with Crippen molar-refractivity contribution in [2.75, 3.05) is 18.9 Å². The zero-order valence-corrected chi connectivity index (χ0v) is 8.19. The minimum Gasteiger partial charge on any atom is -0.466 e. The highest BCUT2D eigenvalue weighted by molar-refractivity contribution is 7.80. The fourth-order valence-corrected chi connectivity index (χ4v) is 0.865. The highest BCUT2D eigenvalue weighted by atomic mass is 32.1. The Morgan fingerprint density at radius 2 is 2.08 bits per heavy atom. The molecule has 72 valence electrons. The molecule has 0 atom stereocenters. The van der Waals surface area contributed by atoms with Gasteiger partial charge in [-0.05, 0) is 31.6 Å². The van der Waals surface area contributed by atoms with E-state index in [1.54, 1.807) is 0 Å². The minimum absolute atomic E-state index is 0.120. The van der Waals surface area contributed by atoms with Gasteiger partial charge in [-0.2, -0.15) is 12.6 Å². The number of esters is 1. The number of hydrogen-bond donors (Lipinski definition) is 2. The monoisotopic (exact) mass is 191 g/mol. The van der Waals surface area contributed by atoms with Crippen molar-refractivity contribution in [1.82, 2.24) is 0 Å². The van der Waals surface area contributed by atoms with Crippen LogP contribution in [-0.2, 0) is 9.53 Å². The fraction of sp³-hybridized carbons (Fsp3) is 0.875. The minimum atomic E-state index is -0.120. The Morgan fingerprint density at radius 1 is 1.33 bits per heavy atom. The fourth-order valence-electron chi connectivity index (χ4n) is 0.736. The van der Waals surface area contributed by atoms with Gasteiger partial charge in [-0.25, -0.2) is 0 Å². The number of ether oxygens (including phenoxy) is 1. The lowest BCUT2D eigenvalue weighted by atomic mass is 10.2. The second kappa shape index (κ2) is 8.87. The molecule has 0 heterocycles. The molecule has 0 fully saturated rings. The van der Waals surface area contributed by atoms with Crippen LogP contribution in [0.5, 0.6) is 0 Å². The lowest BCUT2D eigenvalue weighted by molar-refractivity contribution is -0.143. The largest absolute Gasteiger partial charge is 0.466 e. The van der Waals surface area contributed by atoms with Gasteiger partial charge in [0.25, 0.3) is 0 Å². The van der Waals surface area contributed by atoms with Gasteiger partial charge in [0.1, 0.15) is 0 Å². The van der Waals surface area contributed by atoms with Gasteiger partial charge in [0.05, 0.1) is 6.61 Å². The van der Waals surface area contributed by atoms with E-state index in [1.165, 1.54) is 0 Å². The summed E-state index contributed by atoms with van der Waals surface area (Å²) in [6, 6.07) is 0. The van der Waals surface area contributed by atoms with E-state index in [0.717, 1.165) is 25.0 Å². The molecule has 0 rings (SSSR count). The molecule has 0 aliphatic carbocycles. The van der Waals surface area contributed by atoms with Gasteiger partial charge in [0.15, 0.2) is 0 Å². The molecule has 0 aromatic heterocycles. The summed E-state index contributed by atoms with van der Waals surface area (Å²) >= 11 is 4.00. The maximum absolute atomic E-state index is 10.9. The Morgan fingerprint density at radius 3 is 2.67 bits per heavy atom. The van der Waals surface area contributed by atoms with Crippen molar-refractivity contribution in [2.24, 2.45) is 5.73 Å². The van der Waals surface area contributed by atoms with Crippen LogP contribution in [0.1, 0.15) is 25.7 Å². The third-order valence-electron chi connectivity index (χ3n) is 1.40. The van der Waals surface area contributed by atoms with Crippen molar-refractivity contribution in [2.45, 2.75) is 25.7 Å². The summed E-state index contributed by atoms with van der Waals surface area (Å²) in [5, 5.41) is 0. The van der Waals surface area contributed by atoms with Crippen LogP contribution in [0, 0.1) is 0 Å². The summed E-state index contributed by atoms with van der Waals surface area (Å²) in [6.45, 7) is 1.13. The summed E-state index contributed by atoms with van der Waals surface area (Å²) in [4.78, 5) is 10.9. The van der Waals surface area contributed by atoms with E-state index in [1.807, 2.05) is 0 Å². The molecular weight excluding hydrogens is 174 g/mol. The number of rotatable bonds is 7. The SMILES string of the molecule is NCCCCC(=O)OCCCS. The van der Waals surface area contributed by atoms with E-state index < -0.39 is 0 Å². The third-order valence-corrected chi connectivity index (χ3v) is 1.72. The predicted molar refractivity (Wildman–Crippen MR) is 52.3 cm³/mol. The van der Waals surface area contributed by atoms with Crippen LogP contribution in [0.15, 0.2) is 0 Å². The molecule has 12 heavy (non-hydrogen) atoms. The molecule has 0 amide bonds. The second-order valence-corrected chi connectivity index (χ2v) is 2.99. The molecule has 0 aromatic rings. The lowest BCUT2D eigenvalue weighted by Gasteiger charge is -2.02. The van der Waals surface area contributed by atoms with Crippen molar-refractivity contribution >= 4 is 18.6 Å². The molecule has 2 N–H and O–H groups in total. The Kier molecular flexibility index (Phi) is 8.71. The number of thiol groups is 1. The summed E-state index contributed by atoms with van der Waals surface area (Å²) in [5.74, 6) is 0.640. The maximum Gasteiger partial charge on any atom is 0.305 e. The quantitative estimate of drug-likeness (QED) is 0.358. The van der Waals surface area contributed by atoms with Gasteiger partial charge in [-0.15, -0.1) is 0 Å². The van der Waals surface area contributed by atoms with Gasteiger partial charge in [0, 0.05) is 6.42 Å². The molecule has 0 saturated heterocycles. The molecular formula is C8H17NO2S. The highest BCUT2D eigenvalue weighted by Crippen LogP contribution is 1.97. The van der Waals surface area contributed by atoms with Crippen molar-refractivity contribution < 1.29 is 9.53 Å². The second-order valence-electron chi connectivity index (χ2n) is 2.54. The average Bonchev–Trinajstić information content (AvgIpc) is 2.06. The zero-order valence-electron chi connectivity index (χ0n) is 7.29. The smallest absolute Gasteiger partial charge is 0.305 e. The van der Waals surface area contributed by atoms with Crippen molar-refractivity contribution in [1.29, 1.82) is 0 Å². The Bertz CT molecular complexity index is 108. The molecule has 4 heteroatoms. The van der Waals surface area contributed by atoms with E-state index in [4.69, 9.17) is 10.5 Å². The average molecular weight is 191 g/mol. The van der Waals surface area contributed by atoms with Gasteiger partial charge >= 0.3 is 5.97 Å². The number of nitrogens with two attached hydrogens (primary N) is 1. The van der Waals surface area contributed by atoms with E-state index in [9.17, 15) is 4.79 Å². The Hall–Kier alpha value is -0.220. The predicted octanol–water partition coefficient (Wildman–Crippen LogP) is 0.978. The standard InChI is InChI=1S/C8H17NO2S/c9-5-2-1-4-8(10)11-6-3-7-12/h12H,1-7,9H2. The van der Waals surface area contributed by atoms with E-state index in [0.29, 0.717) is 19.6 Å². The summed E-state index contributed by atoms with van der Waals surface area (Å²) in [5.41, 5.74) is 5.27. The summed E-state index contributed by atoms with van der Waals surface area (Å²) in [6.07, 6.45) is 3.04. The van der Waals surface area contributed by atoms with Crippen LogP contribution < -0.4 is 5.73 Å². The Balaban J connectivity index is 3.10. The summed E-state index contributed by atoms with van der Waals surface area (Å²) in [7, 11) is 0. The molecule has 0 saturated carbocycles. The third kappa shape index (κ3) is 7.88. The molecule has 0 aliphatic rings. The number of unbranched alkanes of at least 4 members (excludes halogenated alkanes) is 1. The normalized spacial score (nSPS) is 9.83. The first-order valence-corrected chi connectivity index (χ1v) is 4.91. The number of hydrogen-bond acceptors (Lipinski definition) is 4. The Labute approximate surface area is 79.1 Å². The topological polar surface area (TPSA) is 52.3 Å². The highest BCUT2D eigenvalue weighted by Gasteiger charge is 2.00. The molecule has 0 aliphatic heterocycles. The molecule has 0 spiro atoms. The number of carbonyl (C=O) groups excluding carboxylic acids is 1. The molecule has 3 nitrogen and oxygen atoms in total. The zero-order chi connectivity index (χ0) is 9.23. The first kappa shape index (κ1) is 11.8. The van der Waals surface area contributed by atoms with Gasteiger partial charge in [-0.3, -0.25) is 4.79 Å². The number of carbonyl (C=O) groups is 1. The van der Waals surface area contributed by atoms with E-state index in [2.05, 4.69) is 12.6 Å². The van der Waals surface area contributed by atoms with Crippen LogP contribution in [0.4, 0.5) is 0 Å². The van der Waals surface area contributed by atoms with E-state index >= 15 is 0 Å². The van der Waals surface area contributed by atoms with E-state index in [-0.39, 0.29) is 5.97 Å². The van der Waals surface area contributed by atoms with Gasteiger partial charge < -0.3 is 10.5 Å². The molecule has 0 radical (unpaired) electrons. The first-order valence-electron chi connectivity index (χ1n) is 4.27. The van der Waals surface area contributed by atoms with Crippen LogP contribution in [0.25, 0.3) is 0 Å². The van der Waals surface area contributed by atoms with Crippen molar-refractivity contribution in [3.8, 4) is 0 Å². The van der Waals surface area contributed by atoms with Crippen molar-refractivity contribution in [3.05, 3.63) is 0 Å². The molecule has 0 bridgehead atoms. The van der Waals surface area contributed by atoms with Crippen LogP contribution in [-0.4, -0.2) is 24.9 Å². The first-order chi connectivity index (χ1) is 5.81. The van der Waals surface area contributed by atoms with Crippen LogP contribution in [0.3, 0.4) is 0 Å².